The molecule has 1 heterocycles. The fraction of sp³-hybridized carbons (Fsp3) is 0.267. The van der Waals surface area contributed by atoms with E-state index in [9.17, 15) is 4.79 Å². The normalized spacial score (nSPS) is 12.5. The predicted molar refractivity (Wildman–Crippen MR) is 87.6 cm³/mol. The van der Waals surface area contributed by atoms with Crippen molar-refractivity contribution in [2.24, 2.45) is 0 Å². The molecule has 0 spiro atoms. The van der Waals surface area contributed by atoms with Crippen molar-refractivity contribution in [3.8, 4) is 5.69 Å². The average molecular weight is 388 g/mol. The maximum Gasteiger partial charge on any atom is 0.182 e. The van der Waals surface area contributed by atoms with E-state index in [2.05, 4.69) is 39.3 Å². The summed E-state index contributed by atoms with van der Waals surface area (Å²) in [6.07, 6.45) is 0. The van der Waals surface area contributed by atoms with E-state index in [4.69, 9.17) is 11.6 Å². The molecule has 2 aromatic rings. The van der Waals surface area contributed by atoms with Crippen molar-refractivity contribution in [3.63, 3.8) is 0 Å². The number of rotatable bonds is 3. The quantitative estimate of drug-likeness (QED) is 0.431. The fourth-order valence-corrected chi connectivity index (χ4v) is 2.98. The number of hydrogen-bond acceptors (Lipinski definition) is 1. The van der Waals surface area contributed by atoms with Crippen molar-refractivity contribution in [1.29, 1.82) is 0 Å². The third-order valence-corrected chi connectivity index (χ3v) is 4.26. The van der Waals surface area contributed by atoms with Gasteiger partial charge in [-0.3, -0.25) is 4.79 Å². The molecule has 1 aromatic carbocycles. The maximum atomic E-state index is 12.1. The number of aromatic nitrogens is 1. The number of nitrogens with zero attached hydrogens (tertiary/aromatic N) is 1. The summed E-state index contributed by atoms with van der Waals surface area (Å²) in [5, 5.41) is -0.496. The Morgan fingerprint density at radius 2 is 1.95 bits per heavy atom. The number of alkyl halides is 1. The molecule has 2 nitrogen and oxygen atoms in total. The van der Waals surface area contributed by atoms with E-state index in [0.29, 0.717) is 5.56 Å². The van der Waals surface area contributed by atoms with Crippen molar-refractivity contribution < 1.29 is 4.79 Å². The topological polar surface area (TPSA) is 22.0 Å². The second kappa shape index (κ2) is 5.67. The molecule has 1 atom stereocenters. The summed E-state index contributed by atoms with van der Waals surface area (Å²) >= 11 is 8.22. The minimum absolute atomic E-state index is 0.0213. The smallest absolute Gasteiger partial charge is 0.182 e. The predicted octanol–water partition coefficient (Wildman–Crippen LogP) is 4.51. The summed E-state index contributed by atoms with van der Waals surface area (Å²) in [5.74, 6) is -0.0213. The van der Waals surface area contributed by atoms with Crippen LogP contribution in [0.15, 0.2) is 30.3 Å². The number of Topliss-reactive ketones (excluding diaryl/α,β-unsaturated/α-hetero) is 1. The minimum atomic E-state index is -0.496. The van der Waals surface area contributed by atoms with Crippen LogP contribution in [0, 0.1) is 17.4 Å². The van der Waals surface area contributed by atoms with Gasteiger partial charge in [0.2, 0.25) is 0 Å². The Labute approximate surface area is 131 Å². The standard InChI is InChI=1S/C15H15ClINO/c1-9-8-12(15(19)10(2)16)11(3)18(9)14-7-5-4-6-13(14)17/h4-8,10H,1-3H3. The summed E-state index contributed by atoms with van der Waals surface area (Å²) in [5.41, 5.74) is 3.79. The number of hydrogen-bond donors (Lipinski definition) is 0. The van der Waals surface area contributed by atoms with E-state index in [1.54, 1.807) is 6.92 Å². The largest absolute Gasteiger partial charge is 0.317 e. The number of carbonyl (C=O) groups is 1. The number of benzene rings is 1. The van der Waals surface area contributed by atoms with Gasteiger partial charge in [-0.25, -0.2) is 0 Å². The van der Waals surface area contributed by atoms with Gasteiger partial charge >= 0.3 is 0 Å². The van der Waals surface area contributed by atoms with Crippen LogP contribution in [-0.2, 0) is 0 Å². The van der Waals surface area contributed by atoms with Gasteiger partial charge < -0.3 is 4.57 Å². The Balaban J connectivity index is 2.61. The Bertz CT molecular complexity index is 631. The molecule has 0 aliphatic carbocycles. The second-order valence-electron chi connectivity index (χ2n) is 4.55. The lowest BCUT2D eigenvalue weighted by molar-refractivity contribution is 0.0991. The minimum Gasteiger partial charge on any atom is -0.317 e. The van der Waals surface area contributed by atoms with E-state index in [0.717, 1.165) is 20.6 Å². The third-order valence-electron chi connectivity index (χ3n) is 3.15. The number of halogens is 2. The number of carbonyl (C=O) groups excluding carboxylic acids is 1. The highest BCUT2D eigenvalue weighted by Crippen LogP contribution is 2.25. The zero-order chi connectivity index (χ0) is 14.2. The van der Waals surface area contributed by atoms with Gasteiger partial charge in [-0.2, -0.15) is 0 Å². The second-order valence-corrected chi connectivity index (χ2v) is 6.37. The number of aryl methyl sites for hydroxylation is 1. The summed E-state index contributed by atoms with van der Waals surface area (Å²) in [6.45, 7) is 5.68. The van der Waals surface area contributed by atoms with Gasteiger partial charge in [0.05, 0.1) is 11.1 Å². The molecular weight excluding hydrogens is 373 g/mol. The lowest BCUT2D eigenvalue weighted by Crippen LogP contribution is -2.12. The first-order chi connectivity index (χ1) is 8.93. The van der Waals surface area contributed by atoms with Gasteiger partial charge in [0, 0.05) is 20.5 Å². The summed E-state index contributed by atoms with van der Waals surface area (Å²) in [7, 11) is 0. The summed E-state index contributed by atoms with van der Waals surface area (Å²) in [6, 6.07) is 10.0. The first kappa shape index (κ1) is 14.6. The van der Waals surface area contributed by atoms with Crippen molar-refractivity contribution in [2.45, 2.75) is 26.1 Å². The number of ketones is 1. The van der Waals surface area contributed by atoms with Crippen LogP contribution in [-0.4, -0.2) is 15.7 Å². The Morgan fingerprint density at radius 1 is 1.32 bits per heavy atom. The van der Waals surface area contributed by atoms with Crippen LogP contribution in [0.1, 0.15) is 28.7 Å². The molecular formula is C15H15ClINO. The van der Waals surface area contributed by atoms with Crippen LogP contribution in [0.5, 0.6) is 0 Å². The van der Waals surface area contributed by atoms with Gasteiger partial charge in [0.25, 0.3) is 0 Å². The fourth-order valence-electron chi connectivity index (χ4n) is 2.23. The number of para-hydroxylation sites is 1. The molecule has 0 amide bonds. The highest BCUT2D eigenvalue weighted by molar-refractivity contribution is 14.1. The molecule has 0 aliphatic heterocycles. The highest BCUT2D eigenvalue weighted by Gasteiger charge is 2.20. The van der Waals surface area contributed by atoms with E-state index >= 15 is 0 Å². The van der Waals surface area contributed by atoms with Crippen molar-refractivity contribution in [1.82, 2.24) is 4.57 Å². The van der Waals surface area contributed by atoms with Crippen LogP contribution in [0.25, 0.3) is 5.69 Å². The molecule has 0 N–H and O–H groups in total. The van der Waals surface area contributed by atoms with Crippen LogP contribution in [0.2, 0.25) is 0 Å². The van der Waals surface area contributed by atoms with E-state index in [-0.39, 0.29) is 5.78 Å². The first-order valence-electron chi connectivity index (χ1n) is 6.05. The van der Waals surface area contributed by atoms with Gasteiger partial charge in [0.1, 0.15) is 0 Å². The van der Waals surface area contributed by atoms with Crippen LogP contribution in [0.3, 0.4) is 0 Å². The molecule has 1 unspecified atom stereocenters. The first-order valence-corrected chi connectivity index (χ1v) is 7.57. The van der Waals surface area contributed by atoms with Crippen molar-refractivity contribution in [2.75, 3.05) is 0 Å². The van der Waals surface area contributed by atoms with Gasteiger partial charge in [-0.15, -0.1) is 11.6 Å². The summed E-state index contributed by atoms with van der Waals surface area (Å²) in [4.78, 5) is 12.1. The molecule has 19 heavy (non-hydrogen) atoms. The van der Waals surface area contributed by atoms with E-state index in [1.165, 1.54) is 0 Å². The molecule has 0 saturated heterocycles. The molecule has 0 saturated carbocycles. The Morgan fingerprint density at radius 3 is 2.53 bits per heavy atom. The molecule has 0 aliphatic rings. The molecule has 4 heteroatoms. The van der Waals surface area contributed by atoms with Crippen molar-refractivity contribution >= 4 is 40.0 Å². The molecule has 0 fully saturated rings. The lowest BCUT2D eigenvalue weighted by Gasteiger charge is -2.12. The molecule has 2 rings (SSSR count). The summed E-state index contributed by atoms with van der Waals surface area (Å²) < 4.78 is 3.26. The van der Waals surface area contributed by atoms with Crippen LogP contribution >= 0.6 is 34.2 Å². The Kier molecular flexibility index (Phi) is 4.36. The van der Waals surface area contributed by atoms with Gasteiger partial charge in [-0.1, -0.05) is 12.1 Å². The van der Waals surface area contributed by atoms with E-state index < -0.39 is 5.38 Å². The van der Waals surface area contributed by atoms with Gasteiger partial charge in [-0.05, 0) is 61.6 Å². The molecule has 1 aromatic heterocycles. The molecule has 100 valence electrons. The zero-order valence-electron chi connectivity index (χ0n) is 11.1. The van der Waals surface area contributed by atoms with Crippen molar-refractivity contribution in [3.05, 3.63) is 50.9 Å². The highest BCUT2D eigenvalue weighted by atomic mass is 127. The lowest BCUT2D eigenvalue weighted by atomic mass is 10.1. The monoisotopic (exact) mass is 387 g/mol. The van der Waals surface area contributed by atoms with Crippen LogP contribution in [0.4, 0.5) is 0 Å². The SMILES string of the molecule is Cc1cc(C(=O)C(C)Cl)c(C)n1-c1ccccc1I. The third kappa shape index (κ3) is 2.72. The average Bonchev–Trinajstić information content (AvgIpc) is 2.65. The molecule has 0 bridgehead atoms. The maximum absolute atomic E-state index is 12.1. The molecule has 0 radical (unpaired) electrons. The Hall–Kier alpha value is -0.810. The van der Waals surface area contributed by atoms with Crippen LogP contribution < -0.4 is 0 Å². The van der Waals surface area contributed by atoms with Gasteiger partial charge in [0.15, 0.2) is 5.78 Å². The van der Waals surface area contributed by atoms with E-state index in [1.807, 2.05) is 32.0 Å². The zero-order valence-corrected chi connectivity index (χ0v) is 14.0.